The third kappa shape index (κ3) is 2.76. The quantitative estimate of drug-likeness (QED) is 0.928. The minimum atomic E-state index is 0.190. The standard InChI is InChI=1S/C17H23N3O/c21-17(14-9-12-8-13(12)10-14)19-15-4-5-16(18-11-15)20-6-2-1-3-7-20/h4-5,11-14H,1-3,6-10H2,(H,19,21). The van der Waals surface area contributed by atoms with Crippen LogP contribution in [0.5, 0.6) is 0 Å². The summed E-state index contributed by atoms with van der Waals surface area (Å²) in [6.45, 7) is 2.20. The molecule has 2 aliphatic carbocycles. The molecule has 0 aromatic carbocycles. The maximum absolute atomic E-state index is 12.2. The van der Waals surface area contributed by atoms with Gasteiger partial charge in [-0.1, -0.05) is 0 Å². The van der Waals surface area contributed by atoms with Gasteiger partial charge in [0.15, 0.2) is 0 Å². The van der Waals surface area contributed by atoms with Crippen LogP contribution in [0.25, 0.3) is 0 Å². The highest BCUT2D eigenvalue weighted by molar-refractivity contribution is 5.92. The van der Waals surface area contributed by atoms with E-state index in [0.29, 0.717) is 0 Å². The summed E-state index contributed by atoms with van der Waals surface area (Å²) in [4.78, 5) is 19.1. The normalized spacial score (nSPS) is 30.9. The lowest BCUT2D eigenvalue weighted by Crippen LogP contribution is -2.30. The zero-order valence-corrected chi connectivity index (χ0v) is 12.4. The molecule has 1 amide bonds. The van der Waals surface area contributed by atoms with Gasteiger partial charge in [-0.2, -0.15) is 0 Å². The molecule has 112 valence electrons. The SMILES string of the molecule is O=C(Nc1ccc(N2CCCCC2)nc1)C1CC2CC2C1. The number of rotatable bonds is 3. The molecule has 4 rings (SSSR count). The summed E-state index contributed by atoms with van der Waals surface area (Å²) in [7, 11) is 0. The van der Waals surface area contributed by atoms with E-state index in [0.717, 1.165) is 49.3 Å². The van der Waals surface area contributed by atoms with Crippen LogP contribution in [0.1, 0.15) is 38.5 Å². The number of hydrogen-bond acceptors (Lipinski definition) is 3. The van der Waals surface area contributed by atoms with Crippen molar-refractivity contribution in [3.63, 3.8) is 0 Å². The van der Waals surface area contributed by atoms with Crippen LogP contribution in [0, 0.1) is 17.8 Å². The Balaban J connectivity index is 1.36. The lowest BCUT2D eigenvalue weighted by molar-refractivity contribution is -0.120. The van der Waals surface area contributed by atoms with E-state index in [2.05, 4.69) is 15.2 Å². The van der Waals surface area contributed by atoms with Gasteiger partial charge in [-0.25, -0.2) is 4.98 Å². The molecule has 1 aromatic heterocycles. The number of fused-ring (bicyclic) bond motifs is 1. The lowest BCUT2D eigenvalue weighted by atomic mass is 10.0. The average molecular weight is 285 g/mol. The topological polar surface area (TPSA) is 45.2 Å². The van der Waals surface area contributed by atoms with E-state index in [-0.39, 0.29) is 11.8 Å². The monoisotopic (exact) mass is 285 g/mol. The van der Waals surface area contributed by atoms with Crippen LogP contribution in [0.3, 0.4) is 0 Å². The largest absolute Gasteiger partial charge is 0.357 e. The zero-order chi connectivity index (χ0) is 14.2. The molecule has 0 bridgehead atoms. The summed E-state index contributed by atoms with van der Waals surface area (Å²) in [6.07, 6.45) is 9.18. The van der Waals surface area contributed by atoms with Gasteiger partial charge in [0.1, 0.15) is 5.82 Å². The van der Waals surface area contributed by atoms with Gasteiger partial charge < -0.3 is 10.2 Å². The Bertz CT molecular complexity index is 511. The van der Waals surface area contributed by atoms with E-state index in [4.69, 9.17) is 0 Å². The first-order valence-corrected chi connectivity index (χ1v) is 8.31. The van der Waals surface area contributed by atoms with Gasteiger partial charge in [0.25, 0.3) is 0 Å². The number of hydrogen-bond donors (Lipinski definition) is 1. The Morgan fingerprint density at radius 3 is 2.52 bits per heavy atom. The molecule has 2 saturated carbocycles. The molecular formula is C17H23N3O. The van der Waals surface area contributed by atoms with Crippen molar-refractivity contribution in [3.8, 4) is 0 Å². The van der Waals surface area contributed by atoms with Gasteiger partial charge in [0, 0.05) is 19.0 Å². The van der Waals surface area contributed by atoms with Gasteiger partial charge in [0.2, 0.25) is 5.91 Å². The molecule has 4 nitrogen and oxygen atoms in total. The predicted octanol–water partition coefficient (Wildman–Crippen LogP) is 3.06. The summed E-state index contributed by atoms with van der Waals surface area (Å²) < 4.78 is 0. The number of carbonyl (C=O) groups is 1. The van der Waals surface area contributed by atoms with Gasteiger partial charge in [0.05, 0.1) is 11.9 Å². The highest BCUT2D eigenvalue weighted by Crippen LogP contribution is 2.54. The molecule has 4 heteroatoms. The molecule has 1 aromatic rings. The fourth-order valence-electron chi connectivity index (χ4n) is 3.94. The van der Waals surface area contributed by atoms with Crippen LogP contribution < -0.4 is 10.2 Å². The summed E-state index contributed by atoms with van der Waals surface area (Å²) in [5.41, 5.74) is 0.835. The molecule has 2 unspecified atom stereocenters. The van der Waals surface area contributed by atoms with Crippen LogP contribution in [-0.2, 0) is 4.79 Å². The third-order valence-corrected chi connectivity index (χ3v) is 5.31. The number of anilines is 2. The molecular weight excluding hydrogens is 262 g/mol. The maximum atomic E-state index is 12.2. The number of carbonyl (C=O) groups excluding carboxylic acids is 1. The van der Waals surface area contributed by atoms with E-state index < -0.39 is 0 Å². The molecule has 0 radical (unpaired) electrons. The maximum Gasteiger partial charge on any atom is 0.227 e. The lowest BCUT2D eigenvalue weighted by Gasteiger charge is -2.27. The van der Waals surface area contributed by atoms with E-state index in [1.165, 1.54) is 25.7 Å². The van der Waals surface area contributed by atoms with Crippen LogP contribution >= 0.6 is 0 Å². The first-order valence-electron chi connectivity index (χ1n) is 8.31. The highest BCUT2D eigenvalue weighted by Gasteiger charge is 2.47. The van der Waals surface area contributed by atoms with Crippen LogP contribution in [0.2, 0.25) is 0 Å². The number of amides is 1. The summed E-state index contributed by atoms with van der Waals surface area (Å²) >= 11 is 0. The van der Waals surface area contributed by atoms with Crippen molar-refractivity contribution in [3.05, 3.63) is 18.3 Å². The van der Waals surface area contributed by atoms with Gasteiger partial charge in [-0.15, -0.1) is 0 Å². The van der Waals surface area contributed by atoms with Crippen molar-refractivity contribution in [1.29, 1.82) is 0 Å². The second-order valence-corrected chi connectivity index (χ2v) is 6.87. The Kier molecular flexibility index (Phi) is 3.32. The van der Waals surface area contributed by atoms with Gasteiger partial charge >= 0.3 is 0 Å². The van der Waals surface area contributed by atoms with E-state index >= 15 is 0 Å². The molecule has 0 spiro atoms. The van der Waals surface area contributed by atoms with Crippen molar-refractivity contribution in [2.45, 2.75) is 38.5 Å². The molecule has 2 atom stereocenters. The minimum absolute atomic E-state index is 0.190. The fourth-order valence-corrected chi connectivity index (χ4v) is 3.94. The second kappa shape index (κ2) is 5.32. The van der Waals surface area contributed by atoms with Crippen molar-refractivity contribution in [2.24, 2.45) is 17.8 Å². The highest BCUT2D eigenvalue weighted by atomic mass is 16.1. The number of aromatic nitrogens is 1. The third-order valence-electron chi connectivity index (χ3n) is 5.31. The number of nitrogens with zero attached hydrogens (tertiary/aromatic N) is 2. The first kappa shape index (κ1) is 13.1. The van der Waals surface area contributed by atoms with Crippen LogP contribution in [-0.4, -0.2) is 24.0 Å². The van der Waals surface area contributed by atoms with Crippen molar-refractivity contribution in [2.75, 3.05) is 23.3 Å². The van der Waals surface area contributed by atoms with E-state index in [1.54, 1.807) is 6.20 Å². The predicted molar refractivity (Wildman–Crippen MR) is 83.3 cm³/mol. The smallest absolute Gasteiger partial charge is 0.227 e. The molecule has 3 aliphatic rings. The van der Waals surface area contributed by atoms with Crippen molar-refractivity contribution >= 4 is 17.4 Å². The van der Waals surface area contributed by atoms with Crippen molar-refractivity contribution < 1.29 is 4.79 Å². The summed E-state index contributed by atoms with van der Waals surface area (Å²) in [6, 6.07) is 4.03. The molecule has 3 fully saturated rings. The Morgan fingerprint density at radius 1 is 1.10 bits per heavy atom. The van der Waals surface area contributed by atoms with Crippen LogP contribution in [0.15, 0.2) is 18.3 Å². The van der Waals surface area contributed by atoms with Crippen molar-refractivity contribution in [1.82, 2.24) is 4.98 Å². The molecule has 21 heavy (non-hydrogen) atoms. The molecule has 2 heterocycles. The van der Waals surface area contributed by atoms with Gasteiger partial charge in [-0.3, -0.25) is 4.79 Å². The average Bonchev–Trinajstić information content (AvgIpc) is 3.15. The van der Waals surface area contributed by atoms with Gasteiger partial charge in [-0.05, 0) is 62.5 Å². The Morgan fingerprint density at radius 2 is 1.86 bits per heavy atom. The molecule has 1 saturated heterocycles. The fraction of sp³-hybridized carbons (Fsp3) is 0.647. The van der Waals surface area contributed by atoms with E-state index in [1.807, 2.05) is 12.1 Å². The summed E-state index contributed by atoms with van der Waals surface area (Å²) in [5.74, 6) is 3.15. The first-order chi connectivity index (χ1) is 10.3. The summed E-state index contributed by atoms with van der Waals surface area (Å²) in [5, 5.41) is 3.04. The Hall–Kier alpha value is -1.58. The zero-order valence-electron chi connectivity index (χ0n) is 12.4. The van der Waals surface area contributed by atoms with Crippen LogP contribution in [0.4, 0.5) is 11.5 Å². The minimum Gasteiger partial charge on any atom is -0.357 e. The molecule has 1 N–H and O–H groups in total. The number of piperidine rings is 1. The number of nitrogens with one attached hydrogen (secondary N) is 1. The molecule has 1 aliphatic heterocycles. The van der Waals surface area contributed by atoms with E-state index in [9.17, 15) is 4.79 Å². The second-order valence-electron chi connectivity index (χ2n) is 6.87. The Labute approximate surface area is 125 Å². The number of pyridine rings is 1.